The monoisotopic (exact) mass is 382 g/mol. The van der Waals surface area contributed by atoms with Crippen molar-refractivity contribution < 1.29 is 9.53 Å². The van der Waals surface area contributed by atoms with E-state index in [0.717, 1.165) is 30.8 Å². The molecule has 2 rings (SSSR count). The first-order valence-electron chi connectivity index (χ1n) is 10.1. The van der Waals surface area contributed by atoms with Crippen LogP contribution in [0.15, 0.2) is 48.5 Å². The molecule has 0 heterocycles. The van der Waals surface area contributed by atoms with E-state index in [1.807, 2.05) is 33.8 Å². The van der Waals surface area contributed by atoms with Crippen LogP contribution in [0.3, 0.4) is 0 Å². The zero-order valence-electron chi connectivity index (χ0n) is 18.1. The van der Waals surface area contributed by atoms with Crippen LogP contribution in [0, 0.1) is 6.92 Å². The van der Waals surface area contributed by atoms with Crippen LogP contribution < -0.4 is 5.32 Å². The van der Waals surface area contributed by atoms with Crippen LogP contribution in [0.5, 0.6) is 0 Å². The Morgan fingerprint density at radius 3 is 2.43 bits per heavy atom. The molecule has 1 amide bonds. The predicted molar refractivity (Wildman–Crippen MR) is 117 cm³/mol. The highest BCUT2D eigenvalue weighted by Gasteiger charge is 2.19. The summed E-state index contributed by atoms with van der Waals surface area (Å²) in [4.78, 5) is 14.7. The molecule has 2 aromatic carbocycles. The summed E-state index contributed by atoms with van der Waals surface area (Å²) in [6.07, 6.45) is 0.668. The number of hydrogen-bond donors (Lipinski definition) is 1. The Morgan fingerprint density at radius 1 is 1.14 bits per heavy atom. The highest BCUT2D eigenvalue weighted by Crippen LogP contribution is 2.27. The van der Waals surface area contributed by atoms with Gasteiger partial charge in [-0.05, 0) is 70.3 Å². The van der Waals surface area contributed by atoms with Gasteiger partial charge in [0.2, 0.25) is 0 Å². The average molecular weight is 383 g/mol. The van der Waals surface area contributed by atoms with Gasteiger partial charge in [-0.2, -0.15) is 0 Å². The molecule has 0 spiro atoms. The molecule has 0 aromatic heterocycles. The van der Waals surface area contributed by atoms with Gasteiger partial charge in [0.05, 0.1) is 0 Å². The van der Waals surface area contributed by atoms with Crippen molar-refractivity contribution in [2.24, 2.45) is 0 Å². The van der Waals surface area contributed by atoms with Crippen LogP contribution in [0.25, 0.3) is 0 Å². The van der Waals surface area contributed by atoms with E-state index in [9.17, 15) is 4.79 Å². The maximum Gasteiger partial charge on any atom is 0.412 e. The van der Waals surface area contributed by atoms with E-state index in [2.05, 4.69) is 66.5 Å². The van der Waals surface area contributed by atoms with Gasteiger partial charge in [0, 0.05) is 18.3 Å². The predicted octanol–water partition coefficient (Wildman–Crippen LogP) is 6.32. The van der Waals surface area contributed by atoms with Crippen LogP contribution >= 0.6 is 0 Å². The second-order valence-electron chi connectivity index (χ2n) is 8.33. The SMILES string of the molecule is CCCN(Cc1ccccc1)[C@H](C)c1ccc(C)c(NC(=O)OC(C)(C)C)c1. The number of anilines is 1. The first-order valence-corrected chi connectivity index (χ1v) is 10.1. The highest BCUT2D eigenvalue weighted by atomic mass is 16.6. The molecule has 0 aliphatic carbocycles. The van der Waals surface area contributed by atoms with Crippen LogP contribution in [-0.2, 0) is 11.3 Å². The molecule has 0 fully saturated rings. The molecule has 1 atom stereocenters. The minimum Gasteiger partial charge on any atom is -0.444 e. The number of nitrogens with one attached hydrogen (secondary N) is 1. The molecule has 0 saturated heterocycles. The third-order valence-electron chi connectivity index (χ3n) is 4.67. The molecule has 0 aliphatic rings. The van der Waals surface area contributed by atoms with Crippen LogP contribution in [0.4, 0.5) is 10.5 Å². The van der Waals surface area contributed by atoms with Crippen molar-refractivity contribution in [2.75, 3.05) is 11.9 Å². The van der Waals surface area contributed by atoms with Gasteiger partial charge in [-0.3, -0.25) is 10.2 Å². The van der Waals surface area contributed by atoms with Crippen molar-refractivity contribution in [2.45, 2.75) is 66.2 Å². The number of benzene rings is 2. The Labute approximate surface area is 169 Å². The second-order valence-corrected chi connectivity index (χ2v) is 8.33. The maximum atomic E-state index is 12.2. The smallest absolute Gasteiger partial charge is 0.412 e. The summed E-state index contributed by atoms with van der Waals surface area (Å²) in [5, 5.41) is 2.90. The second kappa shape index (κ2) is 9.74. The lowest BCUT2D eigenvalue weighted by Gasteiger charge is -2.30. The van der Waals surface area contributed by atoms with Gasteiger partial charge in [0.1, 0.15) is 5.60 Å². The van der Waals surface area contributed by atoms with Gasteiger partial charge in [-0.25, -0.2) is 4.79 Å². The summed E-state index contributed by atoms with van der Waals surface area (Å²) < 4.78 is 5.40. The Hall–Kier alpha value is -2.33. The van der Waals surface area contributed by atoms with Crippen LogP contribution in [0.1, 0.15) is 63.8 Å². The van der Waals surface area contributed by atoms with Gasteiger partial charge in [0.15, 0.2) is 0 Å². The van der Waals surface area contributed by atoms with Crippen molar-refractivity contribution in [3.63, 3.8) is 0 Å². The topological polar surface area (TPSA) is 41.6 Å². The largest absolute Gasteiger partial charge is 0.444 e. The molecule has 0 radical (unpaired) electrons. The van der Waals surface area contributed by atoms with Gasteiger partial charge in [-0.1, -0.05) is 49.4 Å². The zero-order chi connectivity index (χ0) is 20.7. The Balaban J connectivity index is 2.18. The van der Waals surface area contributed by atoms with Crippen LogP contribution in [-0.4, -0.2) is 23.1 Å². The number of ether oxygens (including phenoxy) is 1. The minimum absolute atomic E-state index is 0.236. The number of carbonyl (C=O) groups excluding carboxylic acids is 1. The molecule has 4 heteroatoms. The Bertz CT molecular complexity index is 766. The molecule has 2 aromatic rings. The van der Waals surface area contributed by atoms with E-state index in [4.69, 9.17) is 4.74 Å². The number of carbonyl (C=O) groups is 1. The van der Waals surface area contributed by atoms with Crippen molar-refractivity contribution in [3.8, 4) is 0 Å². The van der Waals surface area contributed by atoms with E-state index >= 15 is 0 Å². The molecule has 152 valence electrons. The lowest BCUT2D eigenvalue weighted by molar-refractivity contribution is 0.0636. The molecule has 4 nitrogen and oxygen atoms in total. The van der Waals surface area contributed by atoms with Crippen molar-refractivity contribution in [1.82, 2.24) is 4.90 Å². The van der Waals surface area contributed by atoms with E-state index < -0.39 is 11.7 Å². The maximum absolute atomic E-state index is 12.2. The summed E-state index contributed by atoms with van der Waals surface area (Å²) in [6, 6.07) is 17.1. The van der Waals surface area contributed by atoms with Crippen molar-refractivity contribution in [3.05, 3.63) is 65.2 Å². The zero-order valence-corrected chi connectivity index (χ0v) is 18.1. The van der Waals surface area contributed by atoms with Gasteiger partial charge < -0.3 is 4.74 Å². The molecular weight excluding hydrogens is 348 g/mol. The number of nitrogens with zero attached hydrogens (tertiary/aromatic N) is 1. The van der Waals surface area contributed by atoms with Crippen molar-refractivity contribution >= 4 is 11.8 Å². The molecule has 28 heavy (non-hydrogen) atoms. The highest BCUT2D eigenvalue weighted by molar-refractivity contribution is 5.86. The first-order chi connectivity index (χ1) is 13.2. The molecule has 0 unspecified atom stereocenters. The molecule has 0 saturated carbocycles. The van der Waals surface area contributed by atoms with Crippen LogP contribution in [0.2, 0.25) is 0 Å². The fraction of sp³-hybridized carbons (Fsp3) is 0.458. The third-order valence-corrected chi connectivity index (χ3v) is 4.67. The van der Waals surface area contributed by atoms with E-state index in [1.165, 1.54) is 11.1 Å². The Kier molecular flexibility index (Phi) is 7.64. The quantitative estimate of drug-likeness (QED) is 0.609. The third kappa shape index (κ3) is 6.68. The van der Waals surface area contributed by atoms with Crippen molar-refractivity contribution in [1.29, 1.82) is 0 Å². The van der Waals surface area contributed by atoms with Gasteiger partial charge >= 0.3 is 6.09 Å². The lowest BCUT2D eigenvalue weighted by Crippen LogP contribution is -2.28. The fourth-order valence-corrected chi connectivity index (χ4v) is 3.17. The molecular formula is C24H34N2O2. The average Bonchev–Trinajstić information content (AvgIpc) is 2.62. The Morgan fingerprint density at radius 2 is 1.82 bits per heavy atom. The standard InChI is InChI=1S/C24H34N2O2/c1-7-15-26(17-20-11-9-8-10-12-20)19(3)21-14-13-18(2)22(16-21)25-23(27)28-24(4,5)6/h8-14,16,19H,7,15,17H2,1-6H3,(H,25,27)/t19-/m1/s1. The lowest BCUT2D eigenvalue weighted by atomic mass is 10.0. The normalized spacial score (nSPS) is 12.7. The first kappa shape index (κ1) is 22.0. The number of hydrogen-bond acceptors (Lipinski definition) is 3. The van der Waals surface area contributed by atoms with E-state index in [0.29, 0.717) is 0 Å². The molecule has 1 N–H and O–H groups in total. The summed E-state index contributed by atoms with van der Waals surface area (Å²) in [6.45, 7) is 13.9. The molecule has 0 bridgehead atoms. The summed E-state index contributed by atoms with van der Waals surface area (Å²) >= 11 is 0. The summed E-state index contributed by atoms with van der Waals surface area (Å²) in [7, 11) is 0. The number of aryl methyl sites for hydroxylation is 1. The van der Waals surface area contributed by atoms with Gasteiger partial charge in [0.25, 0.3) is 0 Å². The number of rotatable bonds is 7. The summed E-state index contributed by atoms with van der Waals surface area (Å²) in [5.41, 5.74) is 3.79. The fourth-order valence-electron chi connectivity index (χ4n) is 3.17. The molecule has 0 aliphatic heterocycles. The summed E-state index contributed by atoms with van der Waals surface area (Å²) in [5.74, 6) is 0. The minimum atomic E-state index is -0.517. The van der Waals surface area contributed by atoms with Gasteiger partial charge in [-0.15, -0.1) is 0 Å². The number of amides is 1. The van der Waals surface area contributed by atoms with E-state index in [-0.39, 0.29) is 6.04 Å². The van der Waals surface area contributed by atoms with E-state index in [1.54, 1.807) is 0 Å².